The third-order valence-corrected chi connectivity index (χ3v) is 4.09. The zero-order valence-electron chi connectivity index (χ0n) is 6.67. The number of thioether (sulfide) groups is 1. The quantitative estimate of drug-likeness (QED) is 0.596. The molecule has 2 unspecified atom stereocenters. The van der Waals surface area contributed by atoms with E-state index in [2.05, 4.69) is 6.92 Å². The molecule has 2 rings (SSSR count). The molecule has 0 aromatic carbocycles. The highest BCUT2D eigenvalue weighted by atomic mass is 32.2. The summed E-state index contributed by atoms with van der Waals surface area (Å²) in [6, 6.07) is 0. The van der Waals surface area contributed by atoms with Gasteiger partial charge < -0.3 is 0 Å². The van der Waals surface area contributed by atoms with Crippen LogP contribution >= 0.6 is 11.8 Å². The number of carbonyl (C=O) groups excluding carboxylic acids is 1. The van der Waals surface area contributed by atoms with Crippen molar-refractivity contribution in [3.05, 3.63) is 11.6 Å². The van der Waals surface area contributed by atoms with E-state index in [1.807, 2.05) is 17.8 Å². The zero-order chi connectivity index (χ0) is 7.84. The first-order valence-electron chi connectivity index (χ1n) is 4.17. The Labute approximate surface area is 71.2 Å². The Morgan fingerprint density at radius 3 is 3.27 bits per heavy atom. The molecule has 1 nitrogen and oxygen atoms in total. The van der Waals surface area contributed by atoms with Gasteiger partial charge in [0.2, 0.25) is 0 Å². The number of hydrogen-bond acceptors (Lipinski definition) is 2. The molecule has 0 spiro atoms. The van der Waals surface area contributed by atoms with E-state index in [1.165, 1.54) is 17.7 Å². The van der Waals surface area contributed by atoms with E-state index in [9.17, 15) is 4.79 Å². The van der Waals surface area contributed by atoms with Crippen LogP contribution in [0.25, 0.3) is 0 Å². The van der Waals surface area contributed by atoms with Gasteiger partial charge in [-0.25, -0.2) is 0 Å². The van der Waals surface area contributed by atoms with Gasteiger partial charge in [0.25, 0.3) is 0 Å². The highest BCUT2D eigenvalue weighted by Gasteiger charge is 2.35. The van der Waals surface area contributed by atoms with Crippen molar-refractivity contribution in [2.24, 2.45) is 5.92 Å². The van der Waals surface area contributed by atoms with E-state index in [4.69, 9.17) is 0 Å². The Bertz CT molecular complexity index is 220. The summed E-state index contributed by atoms with van der Waals surface area (Å²) in [6.45, 7) is 2.20. The lowest BCUT2D eigenvalue weighted by Gasteiger charge is -2.05. The molecule has 2 atom stereocenters. The Hall–Kier alpha value is -0.240. The van der Waals surface area contributed by atoms with E-state index in [0.29, 0.717) is 17.0 Å². The molecule has 1 saturated heterocycles. The molecular weight excluding hydrogens is 156 g/mol. The maximum Gasteiger partial charge on any atom is 0.156 e. The molecule has 0 amide bonds. The lowest BCUT2D eigenvalue weighted by atomic mass is 10.0. The molecule has 0 aromatic heterocycles. The van der Waals surface area contributed by atoms with Gasteiger partial charge in [0.1, 0.15) is 0 Å². The second kappa shape index (κ2) is 2.67. The number of hydrogen-bond donors (Lipinski definition) is 0. The van der Waals surface area contributed by atoms with Gasteiger partial charge in [-0.05, 0) is 24.0 Å². The predicted octanol–water partition coefficient (Wildman–Crippen LogP) is 2.03. The minimum absolute atomic E-state index is 0.351. The number of rotatable bonds is 1. The van der Waals surface area contributed by atoms with Crippen LogP contribution in [0.3, 0.4) is 0 Å². The van der Waals surface area contributed by atoms with E-state index < -0.39 is 0 Å². The van der Waals surface area contributed by atoms with Crippen molar-refractivity contribution in [2.45, 2.75) is 25.0 Å². The molecule has 11 heavy (non-hydrogen) atoms. The Morgan fingerprint density at radius 1 is 1.73 bits per heavy atom. The molecule has 0 saturated carbocycles. The van der Waals surface area contributed by atoms with Crippen molar-refractivity contribution in [1.82, 2.24) is 0 Å². The highest BCUT2D eigenvalue weighted by Crippen LogP contribution is 2.43. The molecule has 0 aromatic rings. The molecule has 1 aliphatic carbocycles. The average Bonchev–Trinajstić information content (AvgIpc) is 2.45. The first-order chi connectivity index (χ1) is 5.31. The summed E-state index contributed by atoms with van der Waals surface area (Å²) in [5.41, 5.74) is 1.43. The van der Waals surface area contributed by atoms with Gasteiger partial charge in [-0.2, -0.15) is 11.8 Å². The lowest BCUT2D eigenvalue weighted by Crippen LogP contribution is -2.01. The summed E-state index contributed by atoms with van der Waals surface area (Å²) in [5, 5.41) is 0.659. The van der Waals surface area contributed by atoms with Crippen LogP contribution in [0.2, 0.25) is 0 Å². The summed E-state index contributed by atoms with van der Waals surface area (Å²) in [5.74, 6) is 2.14. The fraction of sp³-hybridized carbons (Fsp3) is 0.667. The highest BCUT2D eigenvalue weighted by molar-refractivity contribution is 8.00. The molecule has 1 heterocycles. The first kappa shape index (κ1) is 7.41. The van der Waals surface area contributed by atoms with Crippen LogP contribution in [0.15, 0.2) is 11.6 Å². The molecule has 2 aliphatic rings. The molecule has 1 fully saturated rings. The zero-order valence-corrected chi connectivity index (χ0v) is 7.49. The molecule has 0 bridgehead atoms. The topological polar surface area (TPSA) is 17.1 Å². The number of carbonyl (C=O) groups is 1. The van der Waals surface area contributed by atoms with Crippen LogP contribution < -0.4 is 0 Å². The van der Waals surface area contributed by atoms with Crippen LogP contribution in [0, 0.1) is 5.92 Å². The average molecular weight is 168 g/mol. The summed E-state index contributed by atoms with van der Waals surface area (Å²) >= 11 is 2.02. The van der Waals surface area contributed by atoms with E-state index >= 15 is 0 Å². The smallest absolute Gasteiger partial charge is 0.156 e. The third-order valence-electron chi connectivity index (χ3n) is 2.49. The van der Waals surface area contributed by atoms with Crippen molar-refractivity contribution in [2.75, 3.05) is 5.75 Å². The maximum absolute atomic E-state index is 11.0. The molecule has 1 aliphatic heterocycles. The van der Waals surface area contributed by atoms with Crippen LogP contribution in [0.4, 0.5) is 0 Å². The largest absolute Gasteiger partial charge is 0.295 e. The second-order valence-corrected chi connectivity index (χ2v) is 4.48. The third kappa shape index (κ3) is 1.13. The fourth-order valence-electron chi connectivity index (χ4n) is 1.92. The Morgan fingerprint density at radius 2 is 2.55 bits per heavy atom. The van der Waals surface area contributed by atoms with Gasteiger partial charge in [0.15, 0.2) is 5.78 Å². The van der Waals surface area contributed by atoms with Gasteiger partial charge in [0.05, 0.1) is 0 Å². The molecule has 0 N–H and O–H groups in total. The lowest BCUT2D eigenvalue weighted by molar-refractivity contribution is -0.114. The second-order valence-electron chi connectivity index (χ2n) is 3.24. The van der Waals surface area contributed by atoms with Gasteiger partial charge >= 0.3 is 0 Å². The van der Waals surface area contributed by atoms with E-state index in [-0.39, 0.29) is 0 Å². The molecule has 2 heteroatoms. The SMILES string of the molecule is CCC1SCC2CC(=O)C=C21. The summed E-state index contributed by atoms with van der Waals surface area (Å²) in [6.07, 6.45) is 3.86. The van der Waals surface area contributed by atoms with E-state index in [0.717, 1.165) is 6.42 Å². The summed E-state index contributed by atoms with van der Waals surface area (Å²) in [4.78, 5) is 11.0. The van der Waals surface area contributed by atoms with Crippen LogP contribution in [0.1, 0.15) is 19.8 Å². The van der Waals surface area contributed by atoms with Crippen molar-refractivity contribution in [3.8, 4) is 0 Å². The number of allylic oxidation sites excluding steroid dienone is 1. The van der Waals surface area contributed by atoms with Gasteiger partial charge in [-0.15, -0.1) is 0 Å². The van der Waals surface area contributed by atoms with Crippen LogP contribution in [-0.4, -0.2) is 16.8 Å². The standard InChI is InChI=1S/C9H12OS/c1-2-9-8-4-7(10)3-6(8)5-11-9/h4,6,9H,2-3,5H2,1H3. The van der Waals surface area contributed by atoms with Crippen molar-refractivity contribution >= 4 is 17.5 Å². The Balaban J connectivity index is 2.21. The molecular formula is C9H12OS. The monoisotopic (exact) mass is 168 g/mol. The summed E-state index contributed by atoms with van der Waals surface area (Å²) < 4.78 is 0. The van der Waals surface area contributed by atoms with Gasteiger partial charge in [-0.3, -0.25) is 4.79 Å². The van der Waals surface area contributed by atoms with Crippen molar-refractivity contribution < 1.29 is 4.79 Å². The van der Waals surface area contributed by atoms with Crippen molar-refractivity contribution in [3.63, 3.8) is 0 Å². The van der Waals surface area contributed by atoms with Crippen LogP contribution in [-0.2, 0) is 4.79 Å². The predicted molar refractivity (Wildman–Crippen MR) is 47.7 cm³/mol. The number of ketones is 1. The van der Waals surface area contributed by atoms with Gasteiger partial charge in [0, 0.05) is 17.4 Å². The van der Waals surface area contributed by atoms with Crippen LogP contribution in [0.5, 0.6) is 0 Å². The molecule has 0 radical (unpaired) electrons. The Kier molecular flexibility index (Phi) is 1.80. The molecule has 60 valence electrons. The minimum Gasteiger partial charge on any atom is -0.295 e. The number of fused-ring (bicyclic) bond motifs is 1. The first-order valence-corrected chi connectivity index (χ1v) is 5.22. The minimum atomic E-state index is 0.351. The van der Waals surface area contributed by atoms with E-state index in [1.54, 1.807) is 0 Å². The fourth-order valence-corrected chi connectivity index (χ4v) is 3.38. The maximum atomic E-state index is 11.0. The summed E-state index contributed by atoms with van der Waals surface area (Å²) in [7, 11) is 0. The normalized spacial score (nSPS) is 35.7. The van der Waals surface area contributed by atoms with Crippen molar-refractivity contribution in [1.29, 1.82) is 0 Å². The van der Waals surface area contributed by atoms with Gasteiger partial charge in [-0.1, -0.05) is 6.92 Å².